The number of tetrazole rings is 1. The van der Waals surface area contributed by atoms with E-state index in [0.29, 0.717) is 11.1 Å². The number of rotatable bonds is 5. The van der Waals surface area contributed by atoms with Gasteiger partial charge in [-0.1, -0.05) is 0 Å². The van der Waals surface area contributed by atoms with Crippen LogP contribution in [0.3, 0.4) is 0 Å². The maximum atomic E-state index is 12.6. The van der Waals surface area contributed by atoms with Crippen LogP contribution < -0.4 is 10.3 Å². The number of hydrogen-bond acceptors (Lipinski definition) is 8. The molecule has 9 nitrogen and oxygen atoms in total. The van der Waals surface area contributed by atoms with Gasteiger partial charge in [0.25, 0.3) is 5.56 Å². The van der Waals surface area contributed by atoms with Crippen LogP contribution in [0.15, 0.2) is 41.7 Å². The number of aromatic nitrogens is 6. The summed E-state index contributed by atoms with van der Waals surface area (Å²) < 4.78 is 8.27. The van der Waals surface area contributed by atoms with Gasteiger partial charge >= 0.3 is 5.97 Å². The standard InChI is InChI=1S/C18H16N6O3S/c1-11-12(2)28-17-16(11)18(26)23(9-19-17)8-7-15(25)27-14-5-3-13(4-6-14)24-10-20-21-22-24/h3-6,9-10H,7-8H2,1-2H3. The Hall–Kier alpha value is -3.40. The number of aryl methyl sites for hydroxylation is 3. The third-order valence-electron chi connectivity index (χ3n) is 4.39. The first-order valence-corrected chi connectivity index (χ1v) is 9.34. The smallest absolute Gasteiger partial charge is 0.312 e. The van der Waals surface area contributed by atoms with Crippen LogP contribution in [0, 0.1) is 13.8 Å². The molecule has 4 aromatic rings. The lowest BCUT2D eigenvalue weighted by Gasteiger charge is -2.07. The van der Waals surface area contributed by atoms with Crippen molar-refractivity contribution in [1.29, 1.82) is 0 Å². The summed E-state index contributed by atoms with van der Waals surface area (Å²) in [5, 5.41) is 11.5. The topological polar surface area (TPSA) is 105 Å². The first-order chi connectivity index (χ1) is 13.5. The van der Waals surface area contributed by atoms with Crippen molar-refractivity contribution >= 4 is 27.5 Å². The molecule has 0 radical (unpaired) electrons. The van der Waals surface area contributed by atoms with Crippen LogP contribution in [0.1, 0.15) is 16.9 Å². The molecule has 0 aliphatic rings. The highest BCUT2D eigenvalue weighted by atomic mass is 32.1. The number of ether oxygens (including phenoxy) is 1. The molecule has 0 atom stereocenters. The molecule has 0 saturated carbocycles. The normalized spacial score (nSPS) is 11.1. The van der Waals surface area contributed by atoms with Crippen LogP contribution in [0.25, 0.3) is 15.9 Å². The Kier molecular flexibility index (Phi) is 4.70. The van der Waals surface area contributed by atoms with Crippen molar-refractivity contribution in [3.63, 3.8) is 0 Å². The Morgan fingerprint density at radius 1 is 1.18 bits per heavy atom. The molecule has 0 spiro atoms. The van der Waals surface area contributed by atoms with Gasteiger partial charge in [0.2, 0.25) is 0 Å². The van der Waals surface area contributed by atoms with Gasteiger partial charge in [0.1, 0.15) is 16.9 Å². The SMILES string of the molecule is Cc1sc2ncn(CCC(=O)Oc3ccc(-n4cnnn4)cc3)c(=O)c2c1C. The van der Waals surface area contributed by atoms with E-state index in [-0.39, 0.29) is 18.5 Å². The van der Waals surface area contributed by atoms with Crippen LogP contribution in [-0.2, 0) is 11.3 Å². The average molecular weight is 396 g/mol. The minimum Gasteiger partial charge on any atom is -0.426 e. The molecule has 28 heavy (non-hydrogen) atoms. The van der Waals surface area contributed by atoms with Crippen molar-refractivity contribution in [2.24, 2.45) is 0 Å². The van der Waals surface area contributed by atoms with Gasteiger partial charge in [-0.25, -0.2) is 9.67 Å². The van der Waals surface area contributed by atoms with Gasteiger partial charge in [-0.3, -0.25) is 14.2 Å². The van der Waals surface area contributed by atoms with Gasteiger partial charge in [-0.2, -0.15) is 0 Å². The second-order valence-electron chi connectivity index (χ2n) is 6.18. The number of thiophene rings is 1. The lowest BCUT2D eigenvalue weighted by molar-refractivity contribution is -0.134. The van der Waals surface area contributed by atoms with Crippen LogP contribution in [0.2, 0.25) is 0 Å². The molecular formula is C18H16N6O3S. The number of fused-ring (bicyclic) bond motifs is 1. The number of hydrogen-bond donors (Lipinski definition) is 0. The molecule has 0 unspecified atom stereocenters. The van der Waals surface area contributed by atoms with Crippen molar-refractivity contribution < 1.29 is 9.53 Å². The molecule has 0 amide bonds. The third kappa shape index (κ3) is 3.41. The molecule has 3 heterocycles. The van der Waals surface area contributed by atoms with Crippen molar-refractivity contribution in [3.05, 3.63) is 57.7 Å². The molecule has 0 aliphatic carbocycles. The zero-order chi connectivity index (χ0) is 19.7. The Morgan fingerprint density at radius 3 is 2.68 bits per heavy atom. The number of carbonyl (C=O) groups excluding carboxylic acids is 1. The molecule has 0 N–H and O–H groups in total. The van der Waals surface area contributed by atoms with Gasteiger partial charge in [0.15, 0.2) is 0 Å². The third-order valence-corrected chi connectivity index (χ3v) is 5.51. The van der Waals surface area contributed by atoms with Gasteiger partial charge < -0.3 is 4.74 Å². The van der Waals surface area contributed by atoms with Crippen LogP contribution >= 0.6 is 11.3 Å². The van der Waals surface area contributed by atoms with Crippen LogP contribution in [-0.4, -0.2) is 35.7 Å². The van der Waals surface area contributed by atoms with Gasteiger partial charge in [0, 0.05) is 11.4 Å². The molecule has 10 heteroatoms. The molecular weight excluding hydrogens is 380 g/mol. The molecule has 0 saturated heterocycles. The van der Waals surface area contributed by atoms with Crippen molar-refractivity contribution in [1.82, 2.24) is 29.8 Å². The fourth-order valence-electron chi connectivity index (χ4n) is 2.77. The second-order valence-corrected chi connectivity index (χ2v) is 7.38. The van der Waals surface area contributed by atoms with E-state index in [2.05, 4.69) is 20.5 Å². The summed E-state index contributed by atoms with van der Waals surface area (Å²) in [6.07, 6.45) is 3.01. The van der Waals surface area contributed by atoms with E-state index in [1.54, 1.807) is 24.3 Å². The van der Waals surface area contributed by atoms with Crippen LogP contribution in [0.5, 0.6) is 5.75 Å². The van der Waals surface area contributed by atoms with E-state index < -0.39 is 5.97 Å². The Bertz CT molecular complexity index is 1190. The van der Waals surface area contributed by atoms with Crippen LogP contribution in [0.4, 0.5) is 0 Å². The van der Waals surface area contributed by atoms with Gasteiger partial charge in [0.05, 0.1) is 23.8 Å². The Labute approximate surface area is 163 Å². The van der Waals surface area contributed by atoms with E-state index in [1.165, 1.54) is 33.2 Å². The minimum absolute atomic E-state index is 0.0595. The fraction of sp³-hybridized carbons (Fsp3) is 0.222. The Morgan fingerprint density at radius 2 is 1.96 bits per heavy atom. The zero-order valence-corrected chi connectivity index (χ0v) is 16.0. The summed E-state index contributed by atoms with van der Waals surface area (Å²) in [5.74, 6) is -0.0209. The van der Waals surface area contributed by atoms with Crippen molar-refractivity contribution in [3.8, 4) is 11.4 Å². The molecule has 0 bridgehead atoms. The minimum atomic E-state index is -0.430. The predicted molar refractivity (Wildman–Crippen MR) is 103 cm³/mol. The number of benzene rings is 1. The number of esters is 1. The van der Waals surface area contributed by atoms with E-state index >= 15 is 0 Å². The number of nitrogens with zero attached hydrogens (tertiary/aromatic N) is 6. The second kappa shape index (κ2) is 7.31. The highest BCUT2D eigenvalue weighted by molar-refractivity contribution is 7.18. The van der Waals surface area contributed by atoms with E-state index in [4.69, 9.17) is 4.74 Å². The first kappa shape index (κ1) is 18.0. The lowest BCUT2D eigenvalue weighted by atomic mass is 10.2. The number of carbonyl (C=O) groups is 1. The molecule has 4 rings (SSSR count). The predicted octanol–water partition coefficient (Wildman–Crippen LogP) is 2.05. The maximum Gasteiger partial charge on any atom is 0.312 e. The maximum absolute atomic E-state index is 12.6. The Balaban J connectivity index is 1.42. The molecule has 0 fully saturated rings. The van der Waals surface area contributed by atoms with E-state index in [9.17, 15) is 9.59 Å². The van der Waals surface area contributed by atoms with Gasteiger partial charge in [-0.05, 0) is 54.1 Å². The summed E-state index contributed by atoms with van der Waals surface area (Å²) >= 11 is 1.50. The first-order valence-electron chi connectivity index (χ1n) is 8.52. The summed E-state index contributed by atoms with van der Waals surface area (Å²) in [7, 11) is 0. The zero-order valence-electron chi connectivity index (χ0n) is 15.2. The fourth-order valence-corrected chi connectivity index (χ4v) is 3.76. The molecule has 1 aromatic carbocycles. The van der Waals surface area contributed by atoms with E-state index in [1.807, 2.05) is 13.8 Å². The largest absolute Gasteiger partial charge is 0.426 e. The monoisotopic (exact) mass is 396 g/mol. The molecule has 142 valence electrons. The summed E-state index contributed by atoms with van der Waals surface area (Å²) in [6.45, 7) is 4.08. The van der Waals surface area contributed by atoms with Gasteiger partial charge in [-0.15, -0.1) is 16.4 Å². The highest BCUT2D eigenvalue weighted by Gasteiger charge is 2.13. The molecule has 0 aliphatic heterocycles. The average Bonchev–Trinajstić information content (AvgIpc) is 3.31. The lowest BCUT2D eigenvalue weighted by Crippen LogP contribution is -2.23. The summed E-state index contributed by atoms with van der Waals surface area (Å²) in [4.78, 5) is 30.9. The molecule has 3 aromatic heterocycles. The summed E-state index contributed by atoms with van der Waals surface area (Å²) in [6, 6.07) is 6.80. The van der Waals surface area contributed by atoms with Crippen molar-refractivity contribution in [2.75, 3.05) is 0 Å². The van der Waals surface area contributed by atoms with E-state index in [0.717, 1.165) is 21.0 Å². The van der Waals surface area contributed by atoms with Crippen molar-refractivity contribution in [2.45, 2.75) is 26.8 Å². The summed E-state index contributed by atoms with van der Waals surface area (Å²) in [5.41, 5.74) is 1.56. The quantitative estimate of drug-likeness (QED) is 0.375. The highest BCUT2D eigenvalue weighted by Crippen LogP contribution is 2.25.